The molecule has 0 unspecified atom stereocenters. The van der Waals surface area contributed by atoms with Crippen LogP contribution in [0.3, 0.4) is 0 Å². The molecular formula is C9H16F3NO2. The molecule has 15 heavy (non-hydrogen) atoms. The molecule has 90 valence electrons. The third-order valence-corrected chi connectivity index (χ3v) is 1.84. The van der Waals surface area contributed by atoms with Gasteiger partial charge < -0.3 is 10.5 Å². The number of hydrogen-bond donors (Lipinski definition) is 1. The summed E-state index contributed by atoms with van der Waals surface area (Å²) in [5, 5.41) is 0. The maximum Gasteiger partial charge on any atom is 0.403 e. The summed E-state index contributed by atoms with van der Waals surface area (Å²) in [6, 6.07) is -1.95. The topological polar surface area (TPSA) is 52.3 Å². The second kappa shape index (κ2) is 6.66. The molecule has 0 saturated heterocycles. The van der Waals surface area contributed by atoms with Crippen molar-refractivity contribution in [2.45, 2.75) is 44.8 Å². The Hall–Kier alpha value is -0.780. The highest BCUT2D eigenvalue weighted by molar-refractivity contribution is 5.69. The van der Waals surface area contributed by atoms with Gasteiger partial charge in [-0.25, -0.2) is 0 Å². The molecule has 0 amide bonds. The molecule has 1 atom stereocenters. The van der Waals surface area contributed by atoms with Gasteiger partial charge in [0, 0.05) is 6.42 Å². The number of carbonyl (C=O) groups is 1. The second-order valence-electron chi connectivity index (χ2n) is 3.26. The minimum Gasteiger partial charge on any atom is -0.466 e. The fourth-order valence-electron chi connectivity index (χ4n) is 0.840. The summed E-state index contributed by atoms with van der Waals surface area (Å²) in [6.07, 6.45) is -3.56. The molecule has 0 heterocycles. The Morgan fingerprint density at radius 2 is 2.07 bits per heavy atom. The van der Waals surface area contributed by atoms with Crippen molar-refractivity contribution >= 4 is 5.97 Å². The van der Waals surface area contributed by atoms with Crippen LogP contribution in [0.1, 0.15) is 32.6 Å². The fraction of sp³-hybridized carbons (Fsp3) is 0.889. The van der Waals surface area contributed by atoms with Gasteiger partial charge in [-0.1, -0.05) is 13.3 Å². The molecule has 0 saturated carbocycles. The Labute approximate surface area is 86.8 Å². The van der Waals surface area contributed by atoms with E-state index in [0.29, 0.717) is 0 Å². The van der Waals surface area contributed by atoms with Crippen LogP contribution in [-0.4, -0.2) is 24.8 Å². The number of rotatable bonds is 6. The van der Waals surface area contributed by atoms with Crippen molar-refractivity contribution in [3.05, 3.63) is 0 Å². The van der Waals surface area contributed by atoms with Crippen LogP contribution in [0.2, 0.25) is 0 Å². The first-order chi connectivity index (χ1) is 6.88. The van der Waals surface area contributed by atoms with Gasteiger partial charge in [0.1, 0.15) is 6.04 Å². The normalized spacial score (nSPS) is 13.7. The van der Waals surface area contributed by atoms with E-state index in [2.05, 4.69) is 4.74 Å². The lowest BCUT2D eigenvalue weighted by Crippen LogP contribution is -2.37. The molecule has 0 rings (SSSR count). The highest BCUT2D eigenvalue weighted by Gasteiger charge is 2.36. The van der Waals surface area contributed by atoms with Crippen molar-refractivity contribution in [1.29, 1.82) is 0 Å². The Morgan fingerprint density at radius 1 is 1.47 bits per heavy atom. The molecule has 0 aliphatic carbocycles. The van der Waals surface area contributed by atoms with Crippen LogP contribution in [0.4, 0.5) is 13.2 Å². The number of ether oxygens (including phenoxy) is 1. The molecule has 0 aliphatic heterocycles. The van der Waals surface area contributed by atoms with Crippen molar-refractivity contribution in [2.75, 3.05) is 6.61 Å². The van der Waals surface area contributed by atoms with Gasteiger partial charge in [-0.3, -0.25) is 4.79 Å². The lowest BCUT2D eigenvalue weighted by molar-refractivity contribution is -0.154. The van der Waals surface area contributed by atoms with Crippen LogP contribution in [0.25, 0.3) is 0 Å². The van der Waals surface area contributed by atoms with Gasteiger partial charge in [0.15, 0.2) is 0 Å². The summed E-state index contributed by atoms with van der Waals surface area (Å²) in [4.78, 5) is 10.9. The first-order valence-corrected chi connectivity index (χ1v) is 4.85. The van der Waals surface area contributed by atoms with E-state index in [4.69, 9.17) is 5.73 Å². The van der Waals surface area contributed by atoms with Gasteiger partial charge in [-0.2, -0.15) is 13.2 Å². The zero-order valence-electron chi connectivity index (χ0n) is 8.64. The van der Waals surface area contributed by atoms with Gasteiger partial charge in [0.05, 0.1) is 6.61 Å². The predicted octanol–water partition coefficient (Wildman–Crippen LogP) is 2.00. The van der Waals surface area contributed by atoms with Crippen LogP contribution in [0.5, 0.6) is 0 Å². The zero-order valence-corrected chi connectivity index (χ0v) is 8.64. The number of carbonyl (C=O) groups excluding carboxylic acids is 1. The van der Waals surface area contributed by atoms with Crippen molar-refractivity contribution in [2.24, 2.45) is 5.73 Å². The van der Waals surface area contributed by atoms with Gasteiger partial charge >= 0.3 is 12.1 Å². The summed E-state index contributed by atoms with van der Waals surface area (Å²) in [5.74, 6) is -0.622. The highest BCUT2D eigenvalue weighted by atomic mass is 19.4. The van der Waals surface area contributed by atoms with Gasteiger partial charge in [-0.15, -0.1) is 0 Å². The molecule has 2 N–H and O–H groups in total. The summed E-state index contributed by atoms with van der Waals surface area (Å²) in [5.41, 5.74) is 4.82. The van der Waals surface area contributed by atoms with E-state index in [1.165, 1.54) is 0 Å². The van der Waals surface area contributed by atoms with E-state index < -0.39 is 24.6 Å². The number of nitrogens with two attached hydrogens (primary N) is 1. The number of unbranched alkanes of at least 4 members (excludes halogenated alkanes) is 1. The quantitative estimate of drug-likeness (QED) is 0.557. The monoisotopic (exact) mass is 227 g/mol. The third kappa shape index (κ3) is 7.18. The Balaban J connectivity index is 3.62. The summed E-state index contributed by atoms with van der Waals surface area (Å²) < 4.78 is 40.5. The Morgan fingerprint density at radius 3 is 2.53 bits per heavy atom. The largest absolute Gasteiger partial charge is 0.466 e. The van der Waals surface area contributed by atoms with Crippen LogP contribution in [0, 0.1) is 0 Å². The van der Waals surface area contributed by atoms with E-state index in [1.54, 1.807) is 0 Å². The van der Waals surface area contributed by atoms with E-state index in [9.17, 15) is 18.0 Å². The summed E-state index contributed by atoms with van der Waals surface area (Å²) >= 11 is 0. The minimum absolute atomic E-state index is 0.261. The summed E-state index contributed by atoms with van der Waals surface area (Å²) in [6.45, 7) is 2.18. The molecule has 0 bridgehead atoms. The van der Waals surface area contributed by atoms with Gasteiger partial charge in [0.2, 0.25) is 0 Å². The number of halogens is 3. The SMILES string of the molecule is CCCCOC(=O)CC[C@H](N)C(F)(F)F. The average molecular weight is 227 g/mol. The van der Waals surface area contributed by atoms with Gasteiger partial charge in [0.25, 0.3) is 0 Å². The maximum atomic E-state index is 11.9. The first kappa shape index (κ1) is 14.2. The second-order valence-corrected chi connectivity index (χ2v) is 3.26. The lowest BCUT2D eigenvalue weighted by atomic mass is 10.1. The molecule has 0 aliphatic rings. The third-order valence-electron chi connectivity index (χ3n) is 1.84. The molecule has 0 aromatic heterocycles. The minimum atomic E-state index is -4.44. The van der Waals surface area contributed by atoms with Crippen molar-refractivity contribution in [3.8, 4) is 0 Å². The molecule has 0 aromatic rings. The average Bonchev–Trinajstić information content (AvgIpc) is 2.13. The van der Waals surface area contributed by atoms with Crippen LogP contribution in [-0.2, 0) is 9.53 Å². The van der Waals surface area contributed by atoms with E-state index in [0.717, 1.165) is 12.8 Å². The van der Waals surface area contributed by atoms with Crippen LogP contribution in [0.15, 0.2) is 0 Å². The lowest BCUT2D eigenvalue weighted by Gasteiger charge is -2.14. The Bertz CT molecular complexity index is 194. The van der Waals surface area contributed by atoms with E-state index in [-0.39, 0.29) is 13.0 Å². The van der Waals surface area contributed by atoms with Crippen molar-refractivity contribution < 1.29 is 22.7 Å². The number of hydrogen-bond acceptors (Lipinski definition) is 3. The maximum absolute atomic E-state index is 11.9. The number of alkyl halides is 3. The molecular weight excluding hydrogens is 211 g/mol. The first-order valence-electron chi connectivity index (χ1n) is 4.85. The standard InChI is InChI=1S/C9H16F3NO2/c1-2-3-6-15-8(14)5-4-7(13)9(10,11)12/h7H,2-6,13H2,1H3/t7-/m0/s1. The molecule has 3 nitrogen and oxygen atoms in total. The smallest absolute Gasteiger partial charge is 0.403 e. The Kier molecular flexibility index (Phi) is 6.31. The van der Waals surface area contributed by atoms with E-state index >= 15 is 0 Å². The van der Waals surface area contributed by atoms with Gasteiger partial charge in [-0.05, 0) is 12.8 Å². The fourth-order valence-corrected chi connectivity index (χ4v) is 0.840. The highest BCUT2D eigenvalue weighted by Crippen LogP contribution is 2.21. The molecule has 0 fully saturated rings. The summed E-state index contributed by atoms with van der Waals surface area (Å²) in [7, 11) is 0. The molecule has 6 heteroatoms. The predicted molar refractivity (Wildman–Crippen MR) is 49.1 cm³/mol. The molecule has 0 radical (unpaired) electrons. The molecule has 0 spiro atoms. The van der Waals surface area contributed by atoms with Crippen molar-refractivity contribution in [3.63, 3.8) is 0 Å². The van der Waals surface area contributed by atoms with E-state index in [1.807, 2.05) is 6.92 Å². The van der Waals surface area contributed by atoms with Crippen LogP contribution < -0.4 is 5.73 Å². The van der Waals surface area contributed by atoms with Crippen molar-refractivity contribution in [1.82, 2.24) is 0 Å². The number of esters is 1. The zero-order chi connectivity index (χ0) is 11.9. The molecule has 0 aromatic carbocycles. The van der Waals surface area contributed by atoms with Crippen LogP contribution >= 0.6 is 0 Å².